The molecule has 0 saturated carbocycles. The Bertz CT molecular complexity index is 719. The van der Waals surface area contributed by atoms with Gasteiger partial charge in [0, 0.05) is 12.7 Å². The second-order valence-corrected chi connectivity index (χ2v) is 5.62. The molecule has 0 aliphatic carbocycles. The number of carbonyl (C=O) groups is 1. The fourth-order valence-corrected chi connectivity index (χ4v) is 3.07. The van der Waals surface area contributed by atoms with Crippen molar-refractivity contribution in [3.8, 4) is 11.5 Å². The van der Waals surface area contributed by atoms with E-state index in [1.807, 2.05) is 6.07 Å². The highest BCUT2D eigenvalue weighted by Gasteiger charge is 2.37. The van der Waals surface area contributed by atoms with Gasteiger partial charge < -0.3 is 24.2 Å². The summed E-state index contributed by atoms with van der Waals surface area (Å²) in [5, 5.41) is 16.3. The van der Waals surface area contributed by atoms with Crippen molar-refractivity contribution in [1.82, 2.24) is 15.1 Å². The second-order valence-electron chi connectivity index (χ2n) is 5.62. The number of amides is 1. The van der Waals surface area contributed by atoms with Crippen molar-refractivity contribution in [3.63, 3.8) is 0 Å². The summed E-state index contributed by atoms with van der Waals surface area (Å²) in [6, 6.07) is 6.59. The first-order valence-corrected chi connectivity index (χ1v) is 7.94. The predicted octanol–water partition coefficient (Wildman–Crippen LogP) is 1.00. The molecular weight excluding hydrogens is 326 g/mol. The van der Waals surface area contributed by atoms with Crippen LogP contribution in [0.3, 0.4) is 0 Å². The third kappa shape index (κ3) is 3.31. The van der Waals surface area contributed by atoms with Gasteiger partial charge in [-0.2, -0.15) is 5.10 Å². The van der Waals surface area contributed by atoms with E-state index in [0.717, 1.165) is 5.56 Å². The van der Waals surface area contributed by atoms with Crippen LogP contribution in [0, 0.1) is 0 Å². The van der Waals surface area contributed by atoms with Gasteiger partial charge in [-0.1, -0.05) is 6.07 Å². The van der Waals surface area contributed by atoms with Gasteiger partial charge in [0.15, 0.2) is 11.5 Å². The molecular formula is C17H21N3O5. The van der Waals surface area contributed by atoms with E-state index in [-0.39, 0.29) is 12.5 Å². The van der Waals surface area contributed by atoms with Gasteiger partial charge in [0.1, 0.15) is 11.8 Å². The molecule has 1 fully saturated rings. The van der Waals surface area contributed by atoms with Crippen LogP contribution in [-0.4, -0.2) is 66.2 Å². The van der Waals surface area contributed by atoms with Crippen molar-refractivity contribution in [2.75, 3.05) is 34.0 Å². The number of aromatic nitrogens is 2. The van der Waals surface area contributed by atoms with E-state index >= 15 is 0 Å². The van der Waals surface area contributed by atoms with Gasteiger partial charge in [-0.05, 0) is 23.8 Å². The molecule has 1 aromatic carbocycles. The van der Waals surface area contributed by atoms with Gasteiger partial charge in [-0.3, -0.25) is 9.89 Å². The molecule has 1 aliphatic rings. The number of nitrogens with one attached hydrogen (secondary N) is 1. The largest absolute Gasteiger partial charge is 0.493 e. The summed E-state index contributed by atoms with van der Waals surface area (Å²) in [4.78, 5) is 14.5. The number of carbonyl (C=O) groups excluding carboxylic acids is 1. The van der Waals surface area contributed by atoms with Gasteiger partial charge in [0.05, 0.1) is 33.5 Å². The van der Waals surface area contributed by atoms with E-state index in [2.05, 4.69) is 10.2 Å². The van der Waals surface area contributed by atoms with Crippen molar-refractivity contribution < 1.29 is 24.1 Å². The Balaban J connectivity index is 1.99. The SMILES string of the molecule is COc1ccc([C@H]2[C@H](CO)OCCN2C(=O)c2ccn[nH]2)cc1OC. The monoisotopic (exact) mass is 347 g/mol. The fourth-order valence-electron chi connectivity index (χ4n) is 3.07. The molecule has 1 aromatic heterocycles. The third-order valence-electron chi connectivity index (χ3n) is 4.27. The van der Waals surface area contributed by atoms with E-state index in [1.54, 1.807) is 37.3 Å². The minimum absolute atomic E-state index is 0.195. The molecule has 0 radical (unpaired) electrons. The maximum Gasteiger partial charge on any atom is 0.272 e. The van der Waals surface area contributed by atoms with Crippen LogP contribution in [0.25, 0.3) is 0 Å². The number of hydrogen-bond donors (Lipinski definition) is 2. The number of hydrogen-bond acceptors (Lipinski definition) is 6. The molecule has 2 N–H and O–H groups in total. The minimum atomic E-state index is -0.529. The summed E-state index contributed by atoms with van der Waals surface area (Å²) in [6.07, 6.45) is 1.00. The number of aromatic amines is 1. The number of benzene rings is 1. The Morgan fingerprint density at radius 1 is 1.36 bits per heavy atom. The van der Waals surface area contributed by atoms with Crippen LogP contribution in [0.15, 0.2) is 30.5 Å². The number of H-pyrrole nitrogens is 1. The number of rotatable bonds is 5. The standard InChI is InChI=1S/C17H21N3O5/c1-23-13-4-3-11(9-14(13)24-2)16-15(10-21)25-8-7-20(16)17(22)12-5-6-18-19-12/h3-6,9,15-16,21H,7-8,10H2,1-2H3,(H,18,19)/t15-,16-/m0/s1. The Labute approximate surface area is 145 Å². The number of methoxy groups -OCH3 is 2. The van der Waals surface area contributed by atoms with E-state index in [1.165, 1.54) is 6.20 Å². The number of aliphatic hydroxyl groups excluding tert-OH is 1. The second kappa shape index (κ2) is 7.54. The summed E-state index contributed by atoms with van der Waals surface area (Å²) in [5.74, 6) is 0.949. The number of nitrogens with zero attached hydrogens (tertiary/aromatic N) is 2. The molecule has 1 saturated heterocycles. The first-order chi connectivity index (χ1) is 12.2. The number of aliphatic hydroxyl groups is 1. The van der Waals surface area contributed by atoms with Crippen molar-refractivity contribution in [1.29, 1.82) is 0 Å². The molecule has 2 heterocycles. The molecule has 0 unspecified atom stereocenters. The lowest BCUT2D eigenvalue weighted by Gasteiger charge is -2.40. The lowest BCUT2D eigenvalue weighted by molar-refractivity contribution is -0.0813. The third-order valence-corrected chi connectivity index (χ3v) is 4.27. The average molecular weight is 347 g/mol. The Hall–Kier alpha value is -2.58. The molecule has 8 heteroatoms. The van der Waals surface area contributed by atoms with Crippen LogP contribution in [0.5, 0.6) is 11.5 Å². The van der Waals surface area contributed by atoms with Crippen molar-refractivity contribution >= 4 is 5.91 Å². The van der Waals surface area contributed by atoms with Gasteiger partial charge >= 0.3 is 0 Å². The predicted molar refractivity (Wildman–Crippen MR) is 88.7 cm³/mol. The highest BCUT2D eigenvalue weighted by molar-refractivity contribution is 5.92. The highest BCUT2D eigenvalue weighted by Crippen LogP contribution is 2.36. The smallest absolute Gasteiger partial charge is 0.272 e. The first-order valence-electron chi connectivity index (χ1n) is 7.94. The number of morpholine rings is 1. The average Bonchev–Trinajstić information content (AvgIpc) is 3.20. The molecule has 1 aliphatic heterocycles. The van der Waals surface area contributed by atoms with Crippen LogP contribution in [0.2, 0.25) is 0 Å². The highest BCUT2D eigenvalue weighted by atomic mass is 16.5. The molecule has 1 amide bonds. The van der Waals surface area contributed by atoms with Crippen LogP contribution in [-0.2, 0) is 4.74 Å². The molecule has 3 rings (SSSR count). The topological polar surface area (TPSA) is 96.9 Å². The summed E-state index contributed by atoms with van der Waals surface area (Å²) in [6.45, 7) is 0.564. The Kier molecular flexibility index (Phi) is 5.20. The zero-order valence-corrected chi connectivity index (χ0v) is 14.1. The zero-order valence-electron chi connectivity index (χ0n) is 14.1. The molecule has 0 bridgehead atoms. The van der Waals surface area contributed by atoms with E-state index in [0.29, 0.717) is 30.3 Å². The molecule has 8 nitrogen and oxygen atoms in total. The minimum Gasteiger partial charge on any atom is -0.493 e. The molecule has 25 heavy (non-hydrogen) atoms. The Morgan fingerprint density at radius 3 is 2.80 bits per heavy atom. The molecule has 2 atom stereocenters. The van der Waals surface area contributed by atoms with Crippen molar-refractivity contribution in [2.45, 2.75) is 12.1 Å². The van der Waals surface area contributed by atoms with Gasteiger partial charge in [0.25, 0.3) is 5.91 Å². The van der Waals surface area contributed by atoms with E-state index in [9.17, 15) is 9.90 Å². The summed E-state index contributed by atoms with van der Waals surface area (Å²) in [7, 11) is 3.11. The normalized spacial score (nSPS) is 20.4. The first kappa shape index (κ1) is 17.2. The van der Waals surface area contributed by atoms with Crippen LogP contribution < -0.4 is 9.47 Å². The lowest BCUT2D eigenvalue weighted by atomic mass is 9.97. The van der Waals surface area contributed by atoms with Crippen LogP contribution in [0.1, 0.15) is 22.1 Å². The maximum atomic E-state index is 12.8. The maximum absolute atomic E-state index is 12.8. The van der Waals surface area contributed by atoms with Crippen LogP contribution >= 0.6 is 0 Å². The van der Waals surface area contributed by atoms with Crippen molar-refractivity contribution in [2.24, 2.45) is 0 Å². The fraction of sp³-hybridized carbons (Fsp3) is 0.412. The Morgan fingerprint density at radius 2 is 2.16 bits per heavy atom. The van der Waals surface area contributed by atoms with E-state index in [4.69, 9.17) is 14.2 Å². The van der Waals surface area contributed by atoms with Crippen LogP contribution in [0.4, 0.5) is 0 Å². The van der Waals surface area contributed by atoms with Crippen molar-refractivity contribution in [3.05, 3.63) is 41.7 Å². The van der Waals surface area contributed by atoms with Gasteiger partial charge in [-0.15, -0.1) is 0 Å². The van der Waals surface area contributed by atoms with Gasteiger partial charge in [0.2, 0.25) is 0 Å². The summed E-state index contributed by atoms with van der Waals surface area (Å²) < 4.78 is 16.3. The molecule has 2 aromatic rings. The lowest BCUT2D eigenvalue weighted by Crippen LogP contribution is -2.49. The quantitative estimate of drug-likeness (QED) is 0.838. The molecule has 0 spiro atoms. The summed E-state index contributed by atoms with van der Waals surface area (Å²) in [5.41, 5.74) is 1.19. The zero-order chi connectivity index (χ0) is 17.8. The molecule has 134 valence electrons. The summed E-state index contributed by atoms with van der Waals surface area (Å²) >= 11 is 0. The van der Waals surface area contributed by atoms with Gasteiger partial charge in [-0.25, -0.2) is 0 Å². The number of ether oxygens (including phenoxy) is 3. The van der Waals surface area contributed by atoms with E-state index < -0.39 is 12.1 Å².